The Hall–Kier alpha value is -0.145. The van der Waals surface area contributed by atoms with Crippen molar-refractivity contribution in [1.82, 2.24) is 0 Å². The third-order valence-electron chi connectivity index (χ3n) is 0.231. The fourth-order valence-corrected chi connectivity index (χ4v) is 0. The Bertz CT molecular complexity index is 38.5. The highest BCUT2D eigenvalue weighted by Gasteiger charge is 2.22. The van der Waals surface area contributed by atoms with Crippen LogP contribution in [0.1, 0.15) is 0 Å². The maximum absolute atomic E-state index is 10.7. The van der Waals surface area contributed by atoms with Gasteiger partial charge in [-0.3, -0.25) is 0 Å². The Labute approximate surface area is 34.8 Å². The summed E-state index contributed by atoms with van der Waals surface area (Å²) in [6, 6.07) is 0. The first-order valence-electron chi connectivity index (χ1n) is 1.33. The zero-order valence-corrected chi connectivity index (χ0v) is 2.92. The zero-order chi connectivity index (χ0) is 5.21. The van der Waals surface area contributed by atoms with E-state index in [9.17, 15) is 13.2 Å². The van der Waals surface area contributed by atoms with Crippen molar-refractivity contribution in [2.75, 3.05) is 0 Å². The molecule has 0 saturated carbocycles. The van der Waals surface area contributed by atoms with Gasteiger partial charge in [-0.25, -0.2) is 0 Å². The number of alkyl halides is 3. The van der Waals surface area contributed by atoms with Gasteiger partial charge in [0.25, 0.3) is 0 Å². The number of halogens is 3. The van der Waals surface area contributed by atoms with Crippen molar-refractivity contribution < 1.29 is 13.2 Å². The molecule has 0 N–H and O–H groups in total. The third kappa shape index (κ3) is 3.85. The first kappa shape index (κ1) is 5.85. The van der Waals surface area contributed by atoms with Crippen molar-refractivity contribution in [1.29, 1.82) is 0 Å². The van der Waals surface area contributed by atoms with Gasteiger partial charge in [0.15, 0.2) is 0 Å². The van der Waals surface area contributed by atoms with Gasteiger partial charge in [0, 0.05) is 6.32 Å². The fraction of sp³-hybridized carbons (Fsp3) is 1.00. The minimum Gasteiger partial charge on any atom is -0.172 e. The SMILES string of the molecule is [B]CC(F)(F)F. The first-order valence-corrected chi connectivity index (χ1v) is 1.33. The summed E-state index contributed by atoms with van der Waals surface area (Å²) in [5.74, 6) is 0. The smallest absolute Gasteiger partial charge is 0.172 e. The Kier molecular flexibility index (Phi) is 1.50. The van der Waals surface area contributed by atoms with Crippen LogP contribution in [0.15, 0.2) is 0 Å². The van der Waals surface area contributed by atoms with Gasteiger partial charge >= 0.3 is 6.18 Å². The normalized spacial score (nSPS) is 11.8. The van der Waals surface area contributed by atoms with E-state index >= 15 is 0 Å². The molecule has 0 rings (SSSR count). The molecule has 0 atom stereocenters. The molecule has 0 bridgehead atoms. The fourth-order valence-electron chi connectivity index (χ4n) is 0. The summed E-state index contributed by atoms with van der Waals surface area (Å²) in [5.41, 5.74) is 0. The molecule has 34 valence electrons. The third-order valence-corrected chi connectivity index (χ3v) is 0.231. The van der Waals surface area contributed by atoms with Crippen LogP contribution in [0.4, 0.5) is 13.2 Å². The molecule has 0 unspecified atom stereocenters. The van der Waals surface area contributed by atoms with Crippen LogP contribution in [0.2, 0.25) is 6.32 Å². The molecular weight excluding hydrogens is 91.8 g/mol. The van der Waals surface area contributed by atoms with E-state index in [1.165, 1.54) is 0 Å². The summed E-state index contributed by atoms with van der Waals surface area (Å²) in [4.78, 5) is 0. The maximum Gasteiger partial charge on any atom is 0.381 e. The Balaban J connectivity index is 3.17. The van der Waals surface area contributed by atoms with Gasteiger partial charge in [0.1, 0.15) is 0 Å². The van der Waals surface area contributed by atoms with E-state index in [0.29, 0.717) is 0 Å². The second kappa shape index (κ2) is 1.54. The summed E-state index contributed by atoms with van der Waals surface area (Å²) in [7, 11) is 4.18. The lowest BCUT2D eigenvalue weighted by molar-refractivity contribution is -0.109. The van der Waals surface area contributed by atoms with Gasteiger partial charge < -0.3 is 0 Å². The summed E-state index contributed by atoms with van der Waals surface area (Å²) < 4.78 is 32.0. The van der Waals surface area contributed by atoms with Crippen LogP contribution in [0.3, 0.4) is 0 Å². The molecule has 0 aliphatic heterocycles. The largest absolute Gasteiger partial charge is 0.381 e. The molecule has 2 radical (unpaired) electrons. The molecule has 0 nitrogen and oxygen atoms in total. The average Bonchev–Trinajstić information content (AvgIpc) is 1.35. The van der Waals surface area contributed by atoms with Crippen molar-refractivity contribution in [3.63, 3.8) is 0 Å². The summed E-state index contributed by atoms with van der Waals surface area (Å²) >= 11 is 0. The molecule has 0 saturated heterocycles. The highest BCUT2D eigenvalue weighted by molar-refractivity contribution is 6.08. The molecule has 0 aromatic heterocycles. The van der Waals surface area contributed by atoms with E-state index in [4.69, 9.17) is 0 Å². The van der Waals surface area contributed by atoms with Crippen molar-refractivity contribution in [3.05, 3.63) is 0 Å². The number of hydrogen-bond acceptors (Lipinski definition) is 0. The van der Waals surface area contributed by atoms with E-state index < -0.39 is 12.5 Å². The molecule has 0 fully saturated rings. The highest BCUT2D eigenvalue weighted by Crippen LogP contribution is 2.16. The quantitative estimate of drug-likeness (QED) is 0.394. The van der Waals surface area contributed by atoms with E-state index in [0.717, 1.165) is 0 Å². The van der Waals surface area contributed by atoms with Crippen LogP contribution >= 0.6 is 0 Å². The molecular formula is C2H2BF3. The van der Waals surface area contributed by atoms with Gasteiger partial charge in [0.05, 0.1) is 7.85 Å². The summed E-state index contributed by atoms with van der Waals surface area (Å²) in [5, 5.41) is 0. The summed E-state index contributed by atoms with van der Waals surface area (Å²) in [6.07, 6.45) is -5.41. The molecule has 0 aliphatic carbocycles. The lowest BCUT2D eigenvalue weighted by Crippen LogP contribution is -2.03. The molecule has 0 amide bonds. The van der Waals surface area contributed by atoms with Gasteiger partial charge in [0.2, 0.25) is 0 Å². The van der Waals surface area contributed by atoms with Crippen LogP contribution in [0.25, 0.3) is 0 Å². The topological polar surface area (TPSA) is 0 Å². The van der Waals surface area contributed by atoms with Crippen LogP contribution in [0, 0.1) is 0 Å². The Morgan fingerprint density at radius 3 is 1.50 bits per heavy atom. The van der Waals surface area contributed by atoms with E-state index in [1.54, 1.807) is 0 Å². The molecule has 0 aromatic carbocycles. The van der Waals surface area contributed by atoms with Gasteiger partial charge in [-0.15, -0.1) is 0 Å². The van der Waals surface area contributed by atoms with Crippen molar-refractivity contribution >= 4 is 7.85 Å². The standard InChI is InChI=1S/C2H2BF3/c3-1-2(4,5)6/h1H2. The second-order valence-electron chi connectivity index (χ2n) is 0.819. The first-order chi connectivity index (χ1) is 2.56. The minimum absolute atomic E-state index is 1.23. The molecule has 0 aliphatic rings. The van der Waals surface area contributed by atoms with Crippen LogP contribution in [-0.4, -0.2) is 14.0 Å². The molecule has 6 heavy (non-hydrogen) atoms. The van der Waals surface area contributed by atoms with Gasteiger partial charge in [-0.2, -0.15) is 13.2 Å². The number of hydrogen-bond donors (Lipinski definition) is 0. The van der Waals surface area contributed by atoms with Crippen molar-refractivity contribution in [2.24, 2.45) is 0 Å². The van der Waals surface area contributed by atoms with E-state index in [-0.39, 0.29) is 0 Å². The van der Waals surface area contributed by atoms with Gasteiger partial charge in [-0.1, -0.05) is 0 Å². The molecule has 0 spiro atoms. The lowest BCUT2D eigenvalue weighted by atomic mass is 10.1. The highest BCUT2D eigenvalue weighted by atomic mass is 19.4. The van der Waals surface area contributed by atoms with Crippen LogP contribution in [-0.2, 0) is 0 Å². The summed E-state index contributed by atoms with van der Waals surface area (Å²) in [6.45, 7) is 0. The van der Waals surface area contributed by atoms with E-state index in [2.05, 4.69) is 7.85 Å². The Morgan fingerprint density at radius 1 is 1.33 bits per heavy atom. The van der Waals surface area contributed by atoms with E-state index in [1.807, 2.05) is 0 Å². The monoisotopic (exact) mass is 94.0 g/mol. The Morgan fingerprint density at radius 2 is 1.50 bits per heavy atom. The molecule has 0 heterocycles. The van der Waals surface area contributed by atoms with Crippen LogP contribution < -0.4 is 0 Å². The zero-order valence-electron chi connectivity index (χ0n) is 2.92. The predicted molar refractivity (Wildman–Crippen MR) is 16.6 cm³/mol. The van der Waals surface area contributed by atoms with Crippen LogP contribution in [0.5, 0.6) is 0 Å². The lowest BCUT2D eigenvalue weighted by Gasteiger charge is -1.96. The van der Waals surface area contributed by atoms with Gasteiger partial charge in [-0.05, 0) is 0 Å². The minimum atomic E-state index is -4.18. The second-order valence-corrected chi connectivity index (χ2v) is 0.819. The number of rotatable bonds is 0. The van der Waals surface area contributed by atoms with Crippen molar-refractivity contribution in [3.8, 4) is 0 Å². The molecule has 4 heteroatoms. The maximum atomic E-state index is 10.7. The van der Waals surface area contributed by atoms with Crippen molar-refractivity contribution in [2.45, 2.75) is 12.5 Å². The average molecular weight is 93.8 g/mol. The predicted octanol–water partition coefficient (Wildman–Crippen LogP) is 1.14. The molecule has 0 aromatic rings.